The van der Waals surface area contributed by atoms with E-state index < -0.39 is 40.1 Å². The molecule has 2 heterocycles. The number of carbonyl (C=O) groups excluding carboxylic acids is 1. The van der Waals surface area contributed by atoms with E-state index in [9.17, 15) is 23.3 Å². The lowest BCUT2D eigenvalue weighted by Gasteiger charge is -2.22. The van der Waals surface area contributed by atoms with Gasteiger partial charge in [0.15, 0.2) is 0 Å². The van der Waals surface area contributed by atoms with Crippen molar-refractivity contribution in [2.45, 2.75) is 35.1 Å². The predicted octanol–water partition coefficient (Wildman–Crippen LogP) is 2.11. The summed E-state index contributed by atoms with van der Waals surface area (Å²) < 4.78 is 29.1. The van der Waals surface area contributed by atoms with Crippen LogP contribution in [0.5, 0.6) is 0 Å². The van der Waals surface area contributed by atoms with Crippen LogP contribution in [0.2, 0.25) is 0 Å². The fourth-order valence-electron chi connectivity index (χ4n) is 1.39. The third-order valence-electron chi connectivity index (χ3n) is 2.46. The van der Waals surface area contributed by atoms with E-state index in [1.165, 1.54) is 7.05 Å². The molecule has 0 spiro atoms. The van der Waals surface area contributed by atoms with E-state index in [1.54, 1.807) is 20.8 Å². The first-order valence-corrected chi connectivity index (χ1v) is 9.69. The number of sulfone groups is 1. The van der Waals surface area contributed by atoms with Gasteiger partial charge in [0.1, 0.15) is 11.8 Å². The molecule has 25 heavy (non-hydrogen) atoms. The number of carbonyl (C=O) groups is 1. The van der Waals surface area contributed by atoms with Gasteiger partial charge in [-0.15, -0.1) is 10.2 Å². The molecule has 11 nitrogen and oxygen atoms in total. The molecular formula is C11H13N5O6S3. The molecule has 0 aliphatic heterocycles. The number of hydrogen-bond donors (Lipinski definition) is 0. The van der Waals surface area contributed by atoms with Crippen LogP contribution < -0.4 is 4.90 Å². The Balaban J connectivity index is 2.27. The van der Waals surface area contributed by atoms with E-state index in [-0.39, 0.29) is 5.13 Å². The van der Waals surface area contributed by atoms with Crippen LogP contribution in [0.25, 0.3) is 0 Å². The molecule has 0 aliphatic rings. The summed E-state index contributed by atoms with van der Waals surface area (Å²) >= 11 is 1.04. The first-order valence-electron chi connectivity index (χ1n) is 6.57. The maximum Gasteiger partial charge on any atom is 0.416 e. The van der Waals surface area contributed by atoms with Crippen molar-refractivity contribution in [1.29, 1.82) is 0 Å². The summed E-state index contributed by atoms with van der Waals surface area (Å²) in [5.41, 5.74) is -0.731. The Bertz CT molecular complexity index is 913. The number of anilines is 1. The Labute approximate surface area is 150 Å². The van der Waals surface area contributed by atoms with Gasteiger partial charge in [0.25, 0.3) is 9.84 Å². The number of hydrogen-bond acceptors (Lipinski definition) is 11. The van der Waals surface area contributed by atoms with Gasteiger partial charge in [-0.25, -0.2) is 18.2 Å². The average molecular weight is 407 g/mol. The molecule has 0 N–H and O–H groups in total. The highest BCUT2D eigenvalue weighted by atomic mass is 32.3. The summed E-state index contributed by atoms with van der Waals surface area (Å²) in [5.74, 6) is 0. The molecule has 0 saturated carbocycles. The largest absolute Gasteiger partial charge is 0.443 e. The highest BCUT2D eigenvalue weighted by Gasteiger charge is 2.31. The number of amides is 1. The minimum atomic E-state index is -4.16. The van der Waals surface area contributed by atoms with Crippen LogP contribution in [0.3, 0.4) is 0 Å². The standard InChI is InChI=1S/C11H13N5O6S3/c1-11(2,3)22-10(17)15(4)7-13-14-9(24-7)25(20,21)8-12-5-6(23-8)16(18)19/h5H,1-4H3. The van der Waals surface area contributed by atoms with E-state index in [1.807, 2.05) is 0 Å². The summed E-state index contributed by atoms with van der Waals surface area (Å²) in [7, 11) is -2.80. The minimum Gasteiger partial charge on any atom is -0.443 e. The third kappa shape index (κ3) is 4.26. The van der Waals surface area contributed by atoms with Crippen molar-refractivity contribution in [2.75, 3.05) is 11.9 Å². The van der Waals surface area contributed by atoms with Crippen molar-refractivity contribution < 1.29 is 22.9 Å². The zero-order chi connectivity index (χ0) is 19.0. The highest BCUT2D eigenvalue weighted by molar-refractivity contribution is 7.95. The van der Waals surface area contributed by atoms with E-state index in [0.29, 0.717) is 22.7 Å². The molecule has 0 aromatic carbocycles. The van der Waals surface area contributed by atoms with Crippen LogP contribution in [0.4, 0.5) is 14.9 Å². The maximum absolute atomic E-state index is 12.4. The lowest BCUT2D eigenvalue weighted by Crippen LogP contribution is -2.34. The van der Waals surface area contributed by atoms with Gasteiger partial charge in [0.05, 0.1) is 4.92 Å². The first kappa shape index (κ1) is 19.1. The van der Waals surface area contributed by atoms with E-state index in [2.05, 4.69) is 15.2 Å². The number of thiazole rings is 1. The molecule has 0 aliphatic carbocycles. The summed E-state index contributed by atoms with van der Waals surface area (Å²) in [6.45, 7) is 5.05. The number of nitro groups is 1. The van der Waals surface area contributed by atoms with Crippen LogP contribution in [0.15, 0.2) is 14.9 Å². The predicted molar refractivity (Wildman–Crippen MR) is 88.8 cm³/mol. The molecule has 14 heteroatoms. The first-order chi connectivity index (χ1) is 11.4. The molecule has 0 radical (unpaired) electrons. The van der Waals surface area contributed by atoms with Gasteiger partial charge < -0.3 is 4.74 Å². The second kappa shape index (κ2) is 6.61. The van der Waals surface area contributed by atoms with Crippen LogP contribution in [-0.4, -0.2) is 47.3 Å². The fraction of sp³-hybridized carbons (Fsp3) is 0.455. The second-order valence-corrected chi connectivity index (χ2v) is 9.88. The van der Waals surface area contributed by atoms with E-state index >= 15 is 0 Å². The molecular weight excluding hydrogens is 394 g/mol. The van der Waals surface area contributed by atoms with Gasteiger partial charge in [-0.1, -0.05) is 11.3 Å². The van der Waals surface area contributed by atoms with Crippen LogP contribution in [0.1, 0.15) is 20.8 Å². The zero-order valence-corrected chi connectivity index (χ0v) is 15.9. The Morgan fingerprint density at radius 1 is 1.28 bits per heavy atom. The molecule has 2 aromatic rings. The van der Waals surface area contributed by atoms with Gasteiger partial charge in [0.2, 0.25) is 13.8 Å². The summed E-state index contributed by atoms with van der Waals surface area (Å²) in [4.78, 5) is 26.5. The second-order valence-electron chi connectivity index (χ2n) is 5.61. The fourth-order valence-corrected chi connectivity index (χ4v) is 4.86. The molecule has 0 saturated heterocycles. The summed E-state index contributed by atoms with van der Waals surface area (Å²) in [5, 5.41) is 17.5. The van der Waals surface area contributed by atoms with Gasteiger partial charge in [-0.2, -0.15) is 0 Å². The van der Waals surface area contributed by atoms with Gasteiger partial charge >= 0.3 is 11.1 Å². The molecule has 136 valence electrons. The molecule has 1 amide bonds. The molecule has 2 rings (SSSR count). The lowest BCUT2D eigenvalue weighted by molar-refractivity contribution is -0.380. The molecule has 0 atom stereocenters. The van der Waals surface area contributed by atoms with Crippen molar-refractivity contribution >= 4 is 48.7 Å². The number of nitrogens with zero attached hydrogens (tertiary/aromatic N) is 5. The Morgan fingerprint density at radius 2 is 1.92 bits per heavy atom. The van der Waals surface area contributed by atoms with Gasteiger partial charge in [-0.05, 0) is 32.1 Å². The number of ether oxygens (including phenoxy) is 1. The molecule has 0 fully saturated rings. The van der Waals surface area contributed by atoms with Crippen molar-refractivity contribution in [2.24, 2.45) is 0 Å². The van der Waals surface area contributed by atoms with Crippen molar-refractivity contribution in [3.05, 3.63) is 16.3 Å². The van der Waals surface area contributed by atoms with Gasteiger partial charge in [-0.3, -0.25) is 15.0 Å². The van der Waals surface area contributed by atoms with Crippen LogP contribution >= 0.6 is 22.7 Å². The zero-order valence-electron chi connectivity index (χ0n) is 13.5. The van der Waals surface area contributed by atoms with Crippen molar-refractivity contribution in [1.82, 2.24) is 15.2 Å². The lowest BCUT2D eigenvalue weighted by atomic mass is 10.2. The smallest absolute Gasteiger partial charge is 0.416 e. The van der Waals surface area contributed by atoms with Gasteiger partial charge in [0, 0.05) is 7.05 Å². The maximum atomic E-state index is 12.4. The van der Waals surface area contributed by atoms with Crippen molar-refractivity contribution in [3.63, 3.8) is 0 Å². The summed E-state index contributed by atoms with van der Waals surface area (Å²) in [6.07, 6.45) is 0.129. The monoisotopic (exact) mass is 407 g/mol. The number of rotatable bonds is 4. The Kier molecular flexibility index (Phi) is 5.06. The normalized spacial score (nSPS) is 12.0. The van der Waals surface area contributed by atoms with Crippen LogP contribution in [0, 0.1) is 10.1 Å². The highest BCUT2D eigenvalue weighted by Crippen LogP contribution is 2.32. The molecule has 2 aromatic heterocycles. The molecule has 0 unspecified atom stereocenters. The van der Waals surface area contributed by atoms with E-state index in [0.717, 1.165) is 11.1 Å². The SMILES string of the molecule is CN(C(=O)OC(C)(C)C)c1nnc(S(=O)(=O)c2ncc([N+](=O)[O-])s2)s1. The quantitative estimate of drug-likeness (QED) is 0.422. The molecule has 0 bridgehead atoms. The van der Waals surface area contributed by atoms with Crippen LogP contribution in [-0.2, 0) is 14.6 Å². The minimum absolute atomic E-state index is 0.00104. The number of aromatic nitrogens is 3. The van der Waals surface area contributed by atoms with E-state index in [4.69, 9.17) is 4.74 Å². The van der Waals surface area contributed by atoms with Crippen molar-refractivity contribution in [3.8, 4) is 0 Å². The third-order valence-corrected chi connectivity index (χ3v) is 6.92. The topological polar surface area (TPSA) is 145 Å². The Hall–Kier alpha value is -2.19. The average Bonchev–Trinajstić information content (AvgIpc) is 3.14. The summed E-state index contributed by atoms with van der Waals surface area (Å²) in [6, 6.07) is 0. The Morgan fingerprint density at radius 3 is 2.44 bits per heavy atom.